The lowest BCUT2D eigenvalue weighted by molar-refractivity contribution is -0.195. The molecule has 0 bridgehead atoms. The van der Waals surface area contributed by atoms with Crippen LogP contribution in [-0.2, 0) is 35.3 Å². The molecule has 12 atom stereocenters. The lowest BCUT2D eigenvalue weighted by Crippen LogP contribution is -2.63. The molecule has 1 aromatic carbocycles. The first-order chi connectivity index (χ1) is 25.9. The zero-order chi connectivity index (χ0) is 39.8. The highest BCUT2D eigenvalue weighted by Gasteiger charge is 2.65. The fourth-order valence-corrected chi connectivity index (χ4v) is 13.4. The molecule has 12 unspecified atom stereocenters. The average molecular weight is 775 g/mol. The van der Waals surface area contributed by atoms with E-state index in [-0.39, 0.29) is 89.0 Å². The Bertz CT molecular complexity index is 1770. The topological polar surface area (TPSA) is 119 Å². The molecule has 8 nitrogen and oxygen atoms in total. The van der Waals surface area contributed by atoms with Crippen molar-refractivity contribution in [2.75, 3.05) is 0 Å². The summed E-state index contributed by atoms with van der Waals surface area (Å²) in [6.45, 7) is 17.2. The molecule has 2 N–H and O–H groups in total. The Kier molecular flexibility index (Phi) is 10.5. The van der Waals surface area contributed by atoms with Gasteiger partial charge in [0.1, 0.15) is 17.8 Å². The van der Waals surface area contributed by atoms with Crippen molar-refractivity contribution in [3.8, 4) is 0 Å². The molecule has 5 fully saturated rings. The first-order valence-corrected chi connectivity index (χ1v) is 21.5. The molecule has 9 heteroatoms. The van der Waals surface area contributed by atoms with E-state index >= 15 is 0 Å². The van der Waals surface area contributed by atoms with E-state index in [1.54, 1.807) is 26.0 Å². The van der Waals surface area contributed by atoms with Crippen molar-refractivity contribution in [1.82, 2.24) is 10.6 Å². The lowest BCUT2D eigenvalue weighted by atomic mass is 9.38. The number of nitrogens with one attached hydrogen (secondary N) is 2. The highest BCUT2D eigenvalue weighted by molar-refractivity contribution is 6.30. The normalized spacial score (nSPS) is 39.5. The maximum Gasteiger partial charge on any atom is 0.309 e. The summed E-state index contributed by atoms with van der Waals surface area (Å²) in [5.41, 5.74) is 1.05. The van der Waals surface area contributed by atoms with Crippen LogP contribution in [0.1, 0.15) is 125 Å². The minimum atomic E-state index is -1.35. The number of ketones is 1. The van der Waals surface area contributed by atoms with Crippen LogP contribution in [-0.4, -0.2) is 41.5 Å². The number of allylic oxidation sites excluding steroid dienone is 1. The molecular weight excluding hydrogens is 712 g/mol. The number of fused-ring (bicyclic) bond motifs is 7. The van der Waals surface area contributed by atoms with Crippen molar-refractivity contribution >= 4 is 41.5 Å². The van der Waals surface area contributed by atoms with Crippen LogP contribution in [0.25, 0.3) is 0 Å². The number of aldehydes is 1. The van der Waals surface area contributed by atoms with Gasteiger partial charge in [-0.15, -0.1) is 0 Å². The number of halogens is 1. The standard InChI is InChI=1S/C46H63ClN2O6/c1-25(2)38-35(51)22-46(49-42(54)43(5,6)41(53)48-23-28-9-11-30(47)12-10-28)20-16-34-31(39(38)46)13-14-37-44(7)19-17-36(27(4)33(44)15-18-45(34,37)8)55-40(52)32-21-29(24-50)26(32)3/h9-12,24-27,29,31-34,36-37H,13-23H2,1-8H3,(H,48,53)(H,49,54). The van der Waals surface area contributed by atoms with E-state index in [2.05, 4.69) is 45.3 Å². The smallest absolute Gasteiger partial charge is 0.309 e. The molecule has 6 aliphatic rings. The van der Waals surface area contributed by atoms with E-state index in [9.17, 15) is 24.0 Å². The molecule has 0 heterocycles. The van der Waals surface area contributed by atoms with E-state index in [4.69, 9.17) is 16.3 Å². The third-order valence-electron chi connectivity index (χ3n) is 16.6. The molecule has 2 amide bonds. The predicted molar refractivity (Wildman–Crippen MR) is 212 cm³/mol. The van der Waals surface area contributed by atoms with Gasteiger partial charge in [0.2, 0.25) is 11.8 Å². The maximum atomic E-state index is 14.3. The van der Waals surface area contributed by atoms with Gasteiger partial charge in [-0.2, -0.15) is 0 Å². The number of esters is 1. The number of Topliss-reactive ketones (excluding diaryl/α,β-unsaturated/α-hetero) is 1. The van der Waals surface area contributed by atoms with Crippen LogP contribution >= 0.6 is 11.6 Å². The number of hydrogen-bond acceptors (Lipinski definition) is 6. The van der Waals surface area contributed by atoms with Gasteiger partial charge in [-0.05, 0) is 153 Å². The Balaban J connectivity index is 1.09. The zero-order valence-corrected chi connectivity index (χ0v) is 35.0. The van der Waals surface area contributed by atoms with E-state index in [0.29, 0.717) is 35.6 Å². The minimum Gasteiger partial charge on any atom is -0.462 e. The van der Waals surface area contributed by atoms with Crippen LogP contribution in [0, 0.1) is 69.5 Å². The van der Waals surface area contributed by atoms with Crippen LogP contribution < -0.4 is 10.6 Å². The van der Waals surface area contributed by atoms with Crippen LogP contribution in [0.3, 0.4) is 0 Å². The molecule has 6 aliphatic carbocycles. The van der Waals surface area contributed by atoms with Crippen LogP contribution in [0.5, 0.6) is 0 Å². The van der Waals surface area contributed by atoms with E-state index in [1.165, 1.54) is 0 Å². The molecule has 7 rings (SSSR count). The van der Waals surface area contributed by atoms with Gasteiger partial charge in [-0.3, -0.25) is 19.2 Å². The average Bonchev–Trinajstić information content (AvgIpc) is 3.43. The Morgan fingerprint density at radius 2 is 1.58 bits per heavy atom. The SMILES string of the molecule is CC(C)C1=C2C3CCC4C(C)(CCC5C(C)C(OC(=O)C6CC(C=O)C6C)CCC54C)C3CCC2(NC(=O)C(C)(C)C(=O)NCc2ccc(Cl)cc2)CC1=O. The summed E-state index contributed by atoms with van der Waals surface area (Å²) in [4.78, 5) is 66.4. The minimum absolute atomic E-state index is 0.0311. The highest BCUT2D eigenvalue weighted by atomic mass is 35.5. The molecule has 55 heavy (non-hydrogen) atoms. The van der Waals surface area contributed by atoms with Crippen molar-refractivity contribution in [3.05, 3.63) is 46.0 Å². The lowest BCUT2D eigenvalue weighted by Gasteiger charge is -2.67. The molecule has 0 radical (unpaired) electrons. The first kappa shape index (κ1) is 40.2. The van der Waals surface area contributed by atoms with Gasteiger partial charge < -0.3 is 20.2 Å². The molecule has 0 aromatic heterocycles. The van der Waals surface area contributed by atoms with Crippen molar-refractivity contribution in [3.63, 3.8) is 0 Å². The number of rotatable bonds is 9. The van der Waals surface area contributed by atoms with E-state index < -0.39 is 11.0 Å². The zero-order valence-electron chi connectivity index (χ0n) is 34.3. The maximum absolute atomic E-state index is 14.3. The Morgan fingerprint density at radius 1 is 0.927 bits per heavy atom. The second-order valence-corrected chi connectivity index (χ2v) is 20.4. The quantitative estimate of drug-likeness (QED) is 0.148. The van der Waals surface area contributed by atoms with Gasteiger partial charge in [0.15, 0.2) is 5.78 Å². The third-order valence-corrected chi connectivity index (χ3v) is 16.8. The second-order valence-electron chi connectivity index (χ2n) is 20.0. The fourth-order valence-electron chi connectivity index (χ4n) is 13.2. The first-order valence-electron chi connectivity index (χ1n) is 21.2. The van der Waals surface area contributed by atoms with Gasteiger partial charge in [0.25, 0.3) is 0 Å². The Labute approximate surface area is 333 Å². The largest absolute Gasteiger partial charge is 0.462 e. The van der Waals surface area contributed by atoms with Gasteiger partial charge in [0.05, 0.1) is 11.5 Å². The van der Waals surface area contributed by atoms with Crippen molar-refractivity contribution in [1.29, 1.82) is 0 Å². The Hall–Kier alpha value is -3.00. The van der Waals surface area contributed by atoms with Crippen molar-refractivity contribution < 1.29 is 28.7 Å². The monoisotopic (exact) mass is 774 g/mol. The van der Waals surface area contributed by atoms with Crippen LogP contribution in [0.4, 0.5) is 0 Å². The molecule has 0 saturated heterocycles. The summed E-state index contributed by atoms with van der Waals surface area (Å²) in [5.74, 6) is 1.07. The van der Waals surface area contributed by atoms with Gasteiger partial charge in [-0.1, -0.05) is 65.3 Å². The van der Waals surface area contributed by atoms with Gasteiger partial charge in [0, 0.05) is 23.9 Å². The number of ether oxygens (including phenoxy) is 1. The van der Waals surface area contributed by atoms with E-state index in [1.807, 2.05) is 19.1 Å². The van der Waals surface area contributed by atoms with Crippen molar-refractivity contribution in [2.45, 2.75) is 138 Å². The summed E-state index contributed by atoms with van der Waals surface area (Å²) in [6.07, 6.45) is 9.54. The third kappa shape index (κ3) is 6.52. The summed E-state index contributed by atoms with van der Waals surface area (Å²) in [7, 11) is 0. The summed E-state index contributed by atoms with van der Waals surface area (Å²) in [6, 6.07) is 7.27. The van der Waals surface area contributed by atoms with E-state index in [0.717, 1.165) is 67.9 Å². The van der Waals surface area contributed by atoms with Crippen LogP contribution in [0.2, 0.25) is 5.02 Å². The van der Waals surface area contributed by atoms with Gasteiger partial charge >= 0.3 is 5.97 Å². The summed E-state index contributed by atoms with van der Waals surface area (Å²) in [5, 5.41) is 6.97. The van der Waals surface area contributed by atoms with Crippen LogP contribution in [0.15, 0.2) is 35.4 Å². The number of benzene rings is 1. The summed E-state index contributed by atoms with van der Waals surface area (Å²) < 4.78 is 6.27. The van der Waals surface area contributed by atoms with Gasteiger partial charge in [-0.25, -0.2) is 0 Å². The molecule has 0 spiro atoms. The number of carbonyl (C=O) groups excluding carboxylic acids is 5. The predicted octanol–water partition coefficient (Wildman–Crippen LogP) is 8.43. The Morgan fingerprint density at radius 3 is 2.24 bits per heavy atom. The molecule has 0 aliphatic heterocycles. The molecule has 1 aromatic rings. The highest BCUT2D eigenvalue weighted by Crippen LogP contribution is 2.70. The number of hydrogen-bond donors (Lipinski definition) is 2. The molecule has 300 valence electrons. The van der Waals surface area contributed by atoms with Crippen molar-refractivity contribution in [2.24, 2.45) is 69.5 Å². The molecular formula is C46H63ClN2O6. The number of carbonyl (C=O) groups is 5. The summed E-state index contributed by atoms with van der Waals surface area (Å²) >= 11 is 6.04. The molecule has 5 saturated carbocycles. The number of amides is 2. The second kappa shape index (κ2) is 14.4. The fraction of sp³-hybridized carbons (Fsp3) is 0.717.